The van der Waals surface area contributed by atoms with Crippen LogP contribution >= 0.6 is 11.3 Å². The number of rotatable bonds is 6. The molecular formula is C20H13FN6OS. The van der Waals surface area contributed by atoms with Gasteiger partial charge in [0.15, 0.2) is 11.7 Å². The molecule has 0 fully saturated rings. The first-order chi connectivity index (χ1) is 14.1. The van der Waals surface area contributed by atoms with Gasteiger partial charge in [-0.2, -0.15) is 10.1 Å². The number of hydrogen-bond donors (Lipinski definition) is 0. The van der Waals surface area contributed by atoms with E-state index >= 15 is 0 Å². The quantitative estimate of drug-likeness (QED) is 0.488. The van der Waals surface area contributed by atoms with Crippen molar-refractivity contribution in [1.29, 1.82) is 5.26 Å². The number of carbonyl (C=O) groups excluding carboxylic acids is 1. The van der Waals surface area contributed by atoms with Gasteiger partial charge < -0.3 is 0 Å². The van der Waals surface area contributed by atoms with Crippen LogP contribution in [-0.4, -0.2) is 31.0 Å². The third-order valence-corrected chi connectivity index (χ3v) is 5.03. The zero-order valence-corrected chi connectivity index (χ0v) is 15.8. The summed E-state index contributed by atoms with van der Waals surface area (Å²) in [5.74, 6) is -1.64. The summed E-state index contributed by atoms with van der Waals surface area (Å²) in [6.45, 7) is -0.235. The molecule has 1 atom stereocenters. The first-order valence-electron chi connectivity index (χ1n) is 8.61. The number of Topliss-reactive ketones (excluding diaryl/α,β-unsaturated/α-hetero) is 1. The molecule has 7 nitrogen and oxygen atoms in total. The minimum atomic E-state index is -1.03. The van der Waals surface area contributed by atoms with E-state index in [0.29, 0.717) is 16.3 Å². The van der Waals surface area contributed by atoms with Gasteiger partial charge in [-0.3, -0.25) is 4.79 Å². The largest absolute Gasteiger partial charge is 0.296 e. The van der Waals surface area contributed by atoms with Gasteiger partial charge in [0, 0.05) is 16.5 Å². The fourth-order valence-corrected chi connectivity index (χ4v) is 3.60. The number of halogens is 1. The molecule has 2 heterocycles. The van der Waals surface area contributed by atoms with Crippen LogP contribution in [0.1, 0.15) is 10.9 Å². The smallest absolute Gasteiger partial charge is 0.205 e. The van der Waals surface area contributed by atoms with Gasteiger partial charge in [-0.1, -0.05) is 42.5 Å². The normalized spacial score (nSPS) is 11.7. The fourth-order valence-electron chi connectivity index (χ4n) is 2.71. The maximum atomic E-state index is 13.4. The van der Waals surface area contributed by atoms with Crippen LogP contribution in [-0.2, 0) is 11.3 Å². The number of benzene rings is 2. The zero-order valence-electron chi connectivity index (χ0n) is 14.9. The van der Waals surface area contributed by atoms with Gasteiger partial charge in [-0.25, -0.2) is 9.37 Å². The SMILES string of the molecule is N#CC(C(=O)Cn1nnc(-c2cccc(F)c2)n1)c1nc(-c2ccccc2)cs1. The number of nitriles is 1. The van der Waals surface area contributed by atoms with E-state index in [0.717, 1.165) is 10.4 Å². The topological polar surface area (TPSA) is 97.3 Å². The number of thiazole rings is 1. The standard InChI is InChI=1S/C20H13FN6OS/c21-15-8-4-7-14(9-15)19-24-26-27(25-19)11-18(28)16(10-22)20-23-17(12-29-20)13-5-2-1-3-6-13/h1-9,12,16H,11H2. The Labute approximate surface area is 169 Å². The Morgan fingerprint density at radius 2 is 1.97 bits per heavy atom. The number of tetrazole rings is 1. The Kier molecular flexibility index (Phi) is 5.18. The lowest BCUT2D eigenvalue weighted by molar-refractivity contribution is -0.120. The molecule has 4 rings (SSSR count). The predicted molar refractivity (Wildman–Crippen MR) is 104 cm³/mol. The summed E-state index contributed by atoms with van der Waals surface area (Å²) in [5.41, 5.74) is 2.08. The summed E-state index contributed by atoms with van der Waals surface area (Å²) < 4.78 is 13.4. The Balaban J connectivity index is 1.51. The van der Waals surface area contributed by atoms with Crippen LogP contribution in [0.4, 0.5) is 4.39 Å². The van der Waals surface area contributed by atoms with E-state index in [-0.39, 0.29) is 12.4 Å². The number of ketones is 1. The number of nitrogens with zero attached hydrogens (tertiary/aromatic N) is 6. The molecule has 2 aromatic carbocycles. The molecule has 0 aliphatic heterocycles. The summed E-state index contributed by atoms with van der Waals surface area (Å²) in [4.78, 5) is 18.2. The highest BCUT2D eigenvalue weighted by molar-refractivity contribution is 7.10. The van der Waals surface area contributed by atoms with E-state index in [1.165, 1.54) is 29.5 Å². The summed E-state index contributed by atoms with van der Waals surface area (Å²) in [7, 11) is 0. The third-order valence-electron chi connectivity index (χ3n) is 4.12. The maximum absolute atomic E-state index is 13.4. The Hall–Kier alpha value is -3.77. The molecule has 0 aliphatic rings. The molecular weight excluding hydrogens is 391 g/mol. The molecule has 0 saturated carbocycles. The highest BCUT2D eigenvalue weighted by atomic mass is 32.1. The van der Waals surface area contributed by atoms with Crippen molar-refractivity contribution in [2.45, 2.75) is 12.5 Å². The Bertz CT molecular complexity index is 1200. The lowest BCUT2D eigenvalue weighted by Crippen LogP contribution is -2.19. The lowest BCUT2D eigenvalue weighted by atomic mass is 10.1. The Morgan fingerprint density at radius 3 is 2.72 bits per heavy atom. The fraction of sp³-hybridized carbons (Fsp3) is 0.100. The molecule has 9 heteroatoms. The summed E-state index contributed by atoms with van der Waals surface area (Å²) in [6.07, 6.45) is 0. The van der Waals surface area contributed by atoms with Crippen LogP contribution in [0.5, 0.6) is 0 Å². The zero-order chi connectivity index (χ0) is 20.2. The summed E-state index contributed by atoms with van der Waals surface area (Å²) in [6, 6.07) is 17.3. The van der Waals surface area contributed by atoms with Crippen LogP contribution in [0.25, 0.3) is 22.6 Å². The van der Waals surface area contributed by atoms with E-state index in [1.807, 2.05) is 41.8 Å². The molecule has 4 aromatic rings. The molecule has 29 heavy (non-hydrogen) atoms. The molecule has 0 N–H and O–H groups in total. The average Bonchev–Trinajstić information content (AvgIpc) is 3.39. The van der Waals surface area contributed by atoms with Crippen molar-refractivity contribution >= 4 is 17.1 Å². The van der Waals surface area contributed by atoms with Crippen LogP contribution in [0.15, 0.2) is 60.0 Å². The van der Waals surface area contributed by atoms with Crippen molar-refractivity contribution < 1.29 is 9.18 Å². The van der Waals surface area contributed by atoms with Gasteiger partial charge in [-0.15, -0.1) is 21.5 Å². The van der Waals surface area contributed by atoms with Crippen LogP contribution < -0.4 is 0 Å². The molecule has 0 amide bonds. The van der Waals surface area contributed by atoms with E-state index in [9.17, 15) is 14.4 Å². The van der Waals surface area contributed by atoms with Gasteiger partial charge in [0.25, 0.3) is 0 Å². The highest BCUT2D eigenvalue weighted by Crippen LogP contribution is 2.27. The lowest BCUT2D eigenvalue weighted by Gasteiger charge is -2.04. The van der Waals surface area contributed by atoms with Crippen molar-refractivity contribution in [2.24, 2.45) is 0 Å². The second-order valence-electron chi connectivity index (χ2n) is 6.12. The van der Waals surface area contributed by atoms with E-state index in [4.69, 9.17) is 0 Å². The first kappa shape index (κ1) is 18.6. The second-order valence-corrected chi connectivity index (χ2v) is 7.01. The Morgan fingerprint density at radius 1 is 1.17 bits per heavy atom. The predicted octanol–water partition coefficient (Wildman–Crippen LogP) is 3.48. The van der Waals surface area contributed by atoms with E-state index in [1.54, 1.807) is 6.07 Å². The summed E-state index contributed by atoms with van der Waals surface area (Å²) >= 11 is 1.26. The van der Waals surface area contributed by atoms with Gasteiger partial charge >= 0.3 is 0 Å². The van der Waals surface area contributed by atoms with Crippen LogP contribution in [0.3, 0.4) is 0 Å². The monoisotopic (exact) mass is 404 g/mol. The maximum Gasteiger partial charge on any atom is 0.205 e. The minimum Gasteiger partial charge on any atom is -0.296 e. The minimum absolute atomic E-state index is 0.200. The molecule has 1 unspecified atom stereocenters. The molecule has 2 aromatic heterocycles. The average molecular weight is 404 g/mol. The molecule has 0 bridgehead atoms. The number of carbonyl (C=O) groups is 1. The first-order valence-corrected chi connectivity index (χ1v) is 9.49. The highest BCUT2D eigenvalue weighted by Gasteiger charge is 2.25. The van der Waals surface area contributed by atoms with Crippen molar-refractivity contribution in [2.75, 3.05) is 0 Å². The van der Waals surface area contributed by atoms with Crippen molar-refractivity contribution in [3.05, 3.63) is 70.8 Å². The van der Waals surface area contributed by atoms with Gasteiger partial charge in [0.1, 0.15) is 17.4 Å². The van der Waals surface area contributed by atoms with E-state index < -0.39 is 17.5 Å². The van der Waals surface area contributed by atoms with E-state index in [2.05, 4.69) is 20.4 Å². The van der Waals surface area contributed by atoms with Gasteiger partial charge in [-0.05, 0) is 17.3 Å². The third kappa shape index (κ3) is 4.07. The van der Waals surface area contributed by atoms with Crippen molar-refractivity contribution in [3.63, 3.8) is 0 Å². The molecule has 0 radical (unpaired) electrons. The second kappa shape index (κ2) is 8.08. The van der Waals surface area contributed by atoms with Crippen molar-refractivity contribution in [3.8, 4) is 28.7 Å². The van der Waals surface area contributed by atoms with Crippen molar-refractivity contribution in [1.82, 2.24) is 25.2 Å². The molecule has 0 saturated heterocycles. The van der Waals surface area contributed by atoms with Gasteiger partial charge in [0.2, 0.25) is 5.82 Å². The molecule has 0 spiro atoms. The van der Waals surface area contributed by atoms with Crippen LogP contribution in [0.2, 0.25) is 0 Å². The van der Waals surface area contributed by atoms with Gasteiger partial charge in [0.05, 0.1) is 11.8 Å². The van der Waals surface area contributed by atoms with Crippen LogP contribution in [0, 0.1) is 17.1 Å². The summed E-state index contributed by atoms with van der Waals surface area (Å²) in [5, 5.41) is 23.5. The molecule has 0 aliphatic carbocycles. The number of aromatic nitrogens is 5. The number of hydrogen-bond acceptors (Lipinski definition) is 7. The molecule has 142 valence electrons.